The van der Waals surface area contributed by atoms with E-state index in [2.05, 4.69) is 15.6 Å². The van der Waals surface area contributed by atoms with Gasteiger partial charge in [0.05, 0.1) is 16.3 Å². The first-order valence-corrected chi connectivity index (χ1v) is 10.4. The van der Waals surface area contributed by atoms with Gasteiger partial charge in [0.2, 0.25) is 0 Å². The summed E-state index contributed by atoms with van der Waals surface area (Å²) in [6.45, 7) is 2.47. The topological polar surface area (TPSA) is 103 Å². The molecule has 1 aromatic carbocycles. The van der Waals surface area contributed by atoms with Crippen molar-refractivity contribution >= 4 is 11.6 Å². The molecular formula is C21H25N5O3. The lowest BCUT2D eigenvalue weighted by molar-refractivity contribution is -0.384. The minimum atomic E-state index is -0.450. The van der Waals surface area contributed by atoms with E-state index in [1.54, 1.807) is 19.1 Å². The van der Waals surface area contributed by atoms with Crippen molar-refractivity contribution in [2.75, 3.05) is 6.54 Å². The largest absolute Gasteiger partial charge is 0.350 e. The first-order valence-electron chi connectivity index (χ1n) is 10.4. The molecule has 4 aliphatic rings. The summed E-state index contributed by atoms with van der Waals surface area (Å²) in [5.41, 5.74) is 1.61. The number of nitro groups is 1. The predicted molar refractivity (Wildman–Crippen MR) is 106 cm³/mol. The van der Waals surface area contributed by atoms with Crippen LogP contribution in [0.1, 0.15) is 54.7 Å². The van der Waals surface area contributed by atoms with Gasteiger partial charge in [-0.05, 0) is 74.7 Å². The number of rotatable bonds is 5. The van der Waals surface area contributed by atoms with Gasteiger partial charge in [-0.25, -0.2) is 4.68 Å². The minimum Gasteiger partial charge on any atom is -0.350 e. The van der Waals surface area contributed by atoms with Crippen LogP contribution in [0.5, 0.6) is 0 Å². The highest BCUT2D eigenvalue weighted by molar-refractivity contribution is 5.93. The minimum absolute atomic E-state index is 0.0229. The molecule has 0 aliphatic heterocycles. The Morgan fingerprint density at radius 2 is 1.90 bits per heavy atom. The Morgan fingerprint density at radius 3 is 2.52 bits per heavy atom. The van der Waals surface area contributed by atoms with Crippen molar-refractivity contribution in [2.45, 2.75) is 45.4 Å². The van der Waals surface area contributed by atoms with Crippen molar-refractivity contribution in [3.05, 3.63) is 45.8 Å². The Hall–Kier alpha value is -2.77. The quantitative estimate of drug-likeness (QED) is 0.617. The van der Waals surface area contributed by atoms with Crippen LogP contribution in [0, 0.1) is 40.2 Å². The third-order valence-corrected chi connectivity index (χ3v) is 7.18. The van der Waals surface area contributed by atoms with Gasteiger partial charge in [-0.2, -0.15) is 0 Å². The van der Waals surface area contributed by atoms with Gasteiger partial charge in [0.1, 0.15) is 0 Å². The molecule has 8 heteroatoms. The second kappa shape index (κ2) is 6.64. The molecule has 2 aromatic rings. The molecule has 4 fully saturated rings. The normalized spacial score (nSPS) is 29.8. The highest BCUT2D eigenvalue weighted by Gasteiger charge is 2.50. The van der Waals surface area contributed by atoms with Crippen molar-refractivity contribution < 1.29 is 9.72 Å². The molecule has 0 atom stereocenters. The standard InChI is InChI=1S/C21H25N5O3/c1-13-19(23-24-25(13)17-3-2-4-18(8-17)26(28)29)20(27)22-12-21-9-14-5-15(10-21)7-16(6-14)11-21/h2-4,8,14-16H,5-7,9-12H2,1H3,(H,22,27). The molecule has 29 heavy (non-hydrogen) atoms. The monoisotopic (exact) mass is 395 g/mol. The summed E-state index contributed by atoms with van der Waals surface area (Å²) in [5.74, 6) is 2.31. The van der Waals surface area contributed by atoms with Crippen LogP contribution in [0.15, 0.2) is 24.3 Å². The van der Waals surface area contributed by atoms with Crippen LogP contribution >= 0.6 is 0 Å². The Balaban J connectivity index is 1.31. The van der Waals surface area contributed by atoms with E-state index >= 15 is 0 Å². The van der Waals surface area contributed by atoms with Gasteiger partial charge in [-0.1, -0.05) is 11.3 Å². The number of carbonyl (C=O) groups is 1. The molecule has 1 N–H and O–H groups in total. The molecule has 0 radical (unpaired) electrons. The highest BCUT2D eigenvalue weighted by atomic mass is 16.6. The summed E-state index contributed by atoms with van der Waals surface area (Å²) in [4.78, 5) is 23.4. The van der Waals surface area contributed by atoms with E-state index in [1.807, 2.05) is 0 Å². The number of aromatic nitrogens is 3. The van der Waals surface area contributed by atoms with E-state index in [0.29, 0.717) is 17.9 Å². The lowest BCUT2D eigenvalue weighted by Gasteiger charge is -2.56. The summed E-state index contributed by atoms with van der Waals surface area (Å²) < 4.78 is 1.48. The average molecular weight is 395 g/mol. The second-order valence-electron chi connectivity index (χ2n) is 9.31. The molecule has 6 rings (SSSR count). The smallest absolute Gasteiger partial charge is 0.273 e. The lowest BCUT2D eigenvalue weighted by atomic mass is 9.49. The average Bonchev–Trinajstić information content (AvgIpc) is 3.07. The van der Waals surface area contributed by atoms with Crippen molar-refractivity contribution in [2.24, 2.45) is 23.2 Å². The molecule has 1 aromatic heterocycles. The van der Waals surface area contributed by atoms with Crippen LogP contribution in [0.2, 0.25) is 0 Å². The zero-order valence-electron chi connectivity index (χ0n) is 16.5. The molecule has 4 bridgehead atoms. The summed E-state index contributed by atoms with van der Waals surface area (Å²) >= 11 is 0. The van der Waals surface area contributed by atoms with Crippen LogP contribution in [-0.2, 0) is 0 Å². The third kappa shape index (κ3) is 3.20. The van der Waals surface area contributed by atoms with Crippen LogP contribution in [0.4, 0.5) is 5.69 Å². The number of nitro benzene ring substituents is 1. The van der Waals surface area contributed by atoms with Gasteiger partial charge < -0.3 is 5.32 Å². The first-order chi connectivity index (χ1) is 13.9. The number of benzene rings is 1. The Labute approximate surface area is 168 Å². The van der Waals surface area contributed by atoms with Crippen molar-refractivity contribution in [1.29, 1.82) is 0 Å². The van der Waals surface area contributed by atoms with Crippen molar-refractivity contribution in [1.82, 2.24) is 20.3 Å². The van der Waals surface area contributed by atoms with E-state index in [1.165, 1.54) is 55.3 Å². The van der Waals surface area contributed by atoms with Crippen LogP contribution in [0.3, 0.4) is 0 Å². The van der Waals surface area contributed by atoms with E-state index < -0.39 is 4.92 Å². The molecule has 152 valence electrons. The highest BCUT2D eigenvalue weighted by Crippen LogP contribution is 2.59. The second-order valence-corrected chi connectivity index (χ2v) is 9.31. The summed E-state index contributed by atoms with van der Waals surface area (Å²) in [6, 6.07) is 6.17. The summed E-state index contributed by atoms with van der Waals surface area (Å²) in [5, 5.41) is 22.3. The molecule has 0 spiro atoms. The van der Waals surface area contributed by atoms with Crippen LogP contribution in [0.25, 0.3) is 5.69 Å². The third-order valence-electron chi connectivity index (χ3n) is 7.18. The maximum Gasteiger partial charge on any atom is 0.273 e. The number of hydrogen-bond acceptors (Lipinski definition) is 5. The lowest BCUT2D eigenvalue weighted by Crippen LogP contribution is -2.51. The number of hydrogen-bond donors (Lipinski definition) is 1. The van der Waals surface area contributed by atoms with Gasteiger partial charge in [0.25, 0.3) is 11.6 Å². The van der Waals surface area contributed by atoms with E-state index in [-0.39, 0.29) is 22.7 Å². The number of nitrogens with one attached hydrogen (secondary N) is 1. The number of amides is 1. The first kappa shape index (κ1) is 18.3. The Morgan fingerprint density at radius 1 is 1.24 bits per heavy atom. The van der Waals surface area contributed by atoms with E-state index in [0.717, 1.165) is 17.8 Å². The fraction of sp³-hybridized carbons (Fsp3) is 0.571. The molecule has 8 nitrogen and oxygen atoms in total. The molecule has 1 heterocycles. The van der Waals surface area contributed by atoms with Crippen LogP contribution in [-0.4, -0.2) is 32.4 Å². The predicted octanol–water partition coefficient (Wildman–Crippen LogP) is 3.43. The van der Waals surface area contributed by atoms with Crippen molar-refractivity contribution in [3.63, 3.8) is 0 Å². The van der Waals surface area contributed by atoms with Crippen molar-refractivity contribution in [3.8, 4) is 5.69 Å². The Kier molecular flexibility index (Phi) is 4.18. The van der Waals surface area contributed by atoms with Crippen LogP contribution < -0.4 is 5.32 Å². The maximum atomic E-state index is 12.8. The molecule has 4 aliphatic carbocycles. The van der Waals surface area contributed by atoms with Gasteiger partial charge in [-0.15, -0.1) is 5.10 Å². The number of carbonyl (C=O) groups excluding carboxylic acids is 1. The zero-order chi connectivity index (χ0) is 20.2. The Bertz CT molecular complexity index is 947. The molecule has 4 saturated carbocycles. The zero-order valence-corrected chi connectivity index (χ0v) is 16.5. The maximum absolute atomic E-state index is 12.8. The fourth-order valence-electron chi connectivity index (χ4n) is 6.38. The van der Waals surface area contributed by atoms with E-state index in [4.69, 9.17) is 0 Å². The van der Waals surface area contributed by atoms with Gasteiger partial charge in [-0.3, -0.25) is 14.9 Å². The SMILES string of the molecule is Cc1c(C(=O)NCC23CC4CC(CC(C4)C2)C3)nnn1-c1cccc([N+](=O)[O-])c1. The number of non-ortho nitro benzene ring substituents is 1. The molecule has 1 amide bonds. The molecular weight excluding hydrogens is 370 g/mol. The number of nitrogens with zero attached hydrogens (tertiary/aromatic N) is 4. The summed E-state index contributed by atoms with van der Waals surface area (Å²) in [6.07, 6.45) is 7.84. The fourth-order valence-corrected chi connectivity index (χ4v) is 6.38. The molecule has 0 saturated heterocycles. The van der Waals surface area contributed by atoms with Gasteiger partial charge >= 0.3 is 0 Å². The van der Waals surface area contributed by atoms with Gasteiger partial charge in [0.15, 0.2) is 5.69 Å². The summed E-state index contributed by atoms with van der Waals surface area (Å²) in [7, 11) is 0. The van der Waals surface area contributed by atoms with Gasteiger partial charge in [0, 0.05) is 18.7 Å². The van der Waals surface area contributed by atoms with E-state index in [9.17, 15) is 14.9 Å². The molecule has 0 unspecified atom stereocenters.